The predicted octanol–water partition coefficient (Wildman–Crippen LogP) is 4.55. The first-order valence-corrected chi connectivity index (χ1v) is 11.2. The van der Waals surface area contributed by atoms with Gasteiger partial charge in [0.2, 0.25) is 0 Å². The summed E-state index contributed by atoms with van der Waals surface area (Å²) in [5, 5.41) is 10.4. The Kier molecular flexibility index (Phi) is 5.42. The van der Waals surface area contributed by atoms with E-state index in [1.165, 1.54) is 21.0 Å². The number of nitrogens with zero attached hydrogens (tertiary/aromatic N) is 5. The van der Waals surface area contributed by atoms with Crippen LogP contribution in [-0.2, 0) is 5.88 Å². The van der Waals surface area contributed by atoms with E-state index in [2.05, 4.69) is 15.3 Å². The Balaban J connectivity index is 1.63. The second-order valence-corrected chi connectivity index (χ2v) is 8.64. The quantitative estimate of drug-likeness (QED) is 0.276. The molecule has 7 nitrogen and oxygen atoms in total. The highest BCUT2D eigenvalue weighted by Gasteiger charge is 2.15. The van der Waals surface area contributed by atoms with Crippen molar-refractivity contribution in [2.45, 2.75) is 11.0 Å². The normalized spacial score (nSPS) is 11.3. The molecule has 0 atom stereocenters. The molecule has 0 bridgehead atoms. The molecule has 0 aliphatic heterocycles. The minimum atomic E-state index is -0.271. The molecule has 2 aromatic heterocycles. The number of hydrogen-bond acceptors (Lipinski definition) is 6. The Morgan fingerprint density at radius 2 is 1.53 bits per heavy atom. The summed E-state index contributed by atoms with van der Waals surface area (Å²) in [7, 11) is 0. The van der Waals surface area contributed by atoms with Gasteiger partial charge in [-0.05, 0) is 54.6 Å². The van der Waals surface area contributed by atoms with Crippen molar-refractivity contribution in [3.05, 3.63) is 97.5 Å². The molecule has 5 rings (SSSR count). The summed E-state index contributed by atoms with van der Waals surface area (Å²) in [4.78, 5) is 30.8. The molecule has 5 aromatic rings. The largest absolute Gasteiger partial charge is 0.278 e. The number of rotatable bonds is 4. The second kappa shape index (κ2) is 8.38. The average Bonchev–Trinajstić information content (AvgIpc) is 2.79. The fourth-order valence-corrected chi connectivity index (χ4v) is 4.46. The maximum absolute atomic E-state index is 13.3. The van der Waals surface area contributed by atoms with Crippen molar-refractivity contribution < 1.29 is 0 Å². The second-order valence-electron chi connectivity index (χ2n) is 6.86. The van der Waals surface area contributed by atoms with Gasteiger partial charge in [0.05, 0.1) is 27.9 Å². The van der Waals surface area contributed by atoms with Crippen LogP contribution in [-0.4, -0.2) is 24.5 Å². The van der Waals surface area contributed by atoms with Gasteiger partial charge in [-0.25, -0.2) is 4.98 Å². The number of halogens is 2. The SMILES string of the molecule is O=c1c2ccccc2nnn1CSc1nc2cc(Cl)ccc2c(=O)n1-c1ccc(Cl)cc1. The number of thioether (sulfide) groups is 1. The van der Waals surface area contributed by atoms with E-state index in [-0.39, 0.29) is 17.0 Å². The molecule has 32 heavy (non-hydrogen) atoms. The molecule has 0 amide bonds. The first-order chi connectivity index (χ1) is 15.5. The minimum Gasteiger partial charge on any atom is -0.268 e. The highest BCUT2D eigenvalue weighted by molar-refractivity contribution is 7.98. The fraction of sp³-hybridized carbons (Fsp3) is 0.0455. The summed E-state index contributed by atoms with van der Waals surface area (Å²) in [5.41, 5.74) is 1.06. The van der Waals surface area contributed by atoms with Gasteiger partial charge in [-0.15, -0.1) is 5.10 Å². The molecule has 0 fully saturated rings. The Bertz CT molecular complexity index is 1600. The van der Waals surface area contributed by atoms with Crippen LogP contribution in [0.4, 0.5) is 0 Å². The molecule has 0 N–H and O–H groups in total. The van der Waals surface area contributed by atoms with E-state index in [9.17, 15) is 9.59 Å². The van der Waals surface area contributed by atoms with E-state index < -0.39 is 0 Å². The Labute approximate surface area is 195 Å². The van der Waals surface area contributed by atoms with Gasteiger partial charge in [-0.1, -0.05) is 52.3 Å². The van der Waals surface area contributed by atoms with Crippen molar-refractivity contribution in [1.82, 2.24) is 24.5 Å². The van der Waals surface area contributed by atoms with E-state index in [1.54, 1.807) is 66.7 Å². The highest BCUT2D eigenvalue weighted by Crippen LogP contribution is 2.24. The zero-order valence-corrected chi connectivity index (χ0v) is 18.6. The molecule has 0 aliphatic rings. The van der Waals surface area contributed by atoms with Gasteiger partial charge in [-0.2, -0.15) is 4.68 Å². The first-order valence-electron chi connectivity index (χ1n) is 9.45. The van der Waals surface area contributed by atoms with Crippen molar-refractivity contribution in [3.8, 4) is 5.69 Å². The number of aromatic nitrogens is 5. The van der Waals surface area contributed by atoms with Crippen molar-refractivity contribution in [3.63, 3.8) is 0 Å². The van der Waals surface area contributed by atoms with Crippen LogP contribution >= 0.6 is 35.0 Å². The van der Waals surface area contributed by atoms with Gasteiger partial charge in [0.15, 0.2) is 5.16 Å². The maximum Gasteiger partial charge on any atom is 0.278 e. The van der Waals surface area contributed by atoms with Crippen LogP contribution in [0.15, 0.2) is 81.5 Å². The third kappa shape index (κ3) is 3.77. The van der Waals surface area contributed by atoms with Crippen LogP contribution in [0.25, 0.3) is 27.5 Å². The molecule has 0 saturated heterocycles. The van der Waals surface area contributed by atoms with Crippen molar-refractivity contribution in [2.24, 2.45) is 0 Å². The fourth-order valence-electron chi connectivity index (χ4n) is 3.28. The summed E-state index contributed by atoms with van der Waals surface area (Å²) in [6.45, 7) is 0. The lowest BCUT2D eigenvalue weighted by Gasteiger charge is -2.13. The zero-order valence-electron chi connectivity index (χ0n) is 16.3. The summed E-state index contributed by atoms with van der Waals surface area (Å²) >= 11 is 13.3. The lowest BCUT2D eigenvalue weighted by atomic mass is 10.2. The molecule has 0 aliphatic carbocycles. The molecule has 10 heteroatoms. The van der Waals surface area contributed by atoms with Gasteiger partial charge in [0.1, 0.15) is 5.52 Å². The standard InChI is InChI=1S/C22H13Cl2N5O2S/c23-13-5-8-15(9-6-13)29-21(31)17-10-7-14(24)11-19(17)25-22(29)32-12-28-20(30)16-3-1-2-4-18(16)26-27-28/h1-11H,12H2. The van der Waals surface area contributed by atoms with Crippen LogP contribution in [0.5, 0.6) is 0 Å². The molecular formula is C22H13Cl2N5O2S. The molecule has 158 valence electrons. The molecule has 2 heterocycles. The van der Waals surface area contributed by atoms with Crippen LogP contribution in [0.2, 0.25) is 10.0 Å². The molecule has 0 unspecified atom stereocenters. The Hall–Kier alpha value is -3.20. The van der Waals surface area contributed by atoms with Gasteiger partial charge in [-0.3, -0.25) is 14.2 Å². The molecule has 0 radical (unpaired) electrons. The van der Waals surface area contributed by atoms with Crippen LogP contribution in [0.3, 0.4) is 0 Å². The van der Waals surface area contributed by atoms with Crippen molar-refractivity contribution >= 4 is 56.8 Å². The minimum absolute atomic E-state index is 0.114. The smallest absolute Gasteiger partial charge is 0.268 e. The van der Waals surface area contributed by atoms with Crippen LogP contribution in [0, 0.1) is 0 Å². The average molecular weight is 482 g/mol. The Morgan fingerprint density at radius 1 is 0.812 bits per heavy atom. The number of benzene rings is 3. The topological polar surface area (TPSA) is 82.7 Å². The highest BCUT2D eigenvalue weighted by atomic mass is 35.5. The predicted molar refractivity (Wildman–Crippen MR) is 127 cm³/mol. The van der Waals surface area contributed by atoms with Crippen molar-refractivity contribution in [2.75, 3.05) is 0 Å². The summed E-state index contributed by atoms with van der Waals surface area (Å²) < 4.78 is 2.73. The van der Waals surface area contributed by atoms with Crippen molar-refractivity contribution in [1.29, 1.82) is 0 Å². The first kappa shape index (κ1) is 20.7. The molecular weight excluding hydrogens is 469 g/mol. The Morgan fingerprint density at radius 3 is 2.34 bits per heavy atom. The van der Waals surface area contributed by atoms with E-state index >= 15 is 0 Å². The monoisotopic (exact) mass is 481 g/mol. The third-order valence-corrected chi connectivity index (χ3v) is 6.22. The van der Waals surface area contributed by atoms with Crippen LogP contribution in [0.1, 0.15) is 0 Å². The summed E-state index contributed by atoms with van der Waals surface area (Å²) in [6.07, 6.45) is 0. The number of hydrogen-bond donors (Lipinski definition) is 0. The van der Waals surface area contributed by atoms with E-state index in [0.717, 1.165) is 0 Å². The number of fused-ring (bicyclic) bond motifs is 2. The lowest BCUT2D eigenvalue weighted by Crippen LogP contribution is -2.25. The summed E-state index contributed by atoms with van der Waals surface area (Å²) in [5.74, 6) is 0.114. The molecule has 0 saturated carbocycles. The van der Waals surface area contributed by atoms with Gasteiger partial charge >= 0.3 is 0 Å². The van der Waals surface area contributed by atoms with Gasteiger partial charge < -0.3 is 0 Å². The maximum atomic E-state index is 13.3. The molecule has 3 aromatic carbocycles. The summed E-state index contributed by atoms with van der Waals surface area (Å²) in [6, 6.07) is 18.8. The zero-order chi connectivity index (χ0) is 22.2. The van der Waals surface area contributed by atoms with Crippen LogP contribution < -0.4 is 11.1 Å². The van der Waals surface area contributed by atoms with E-state index in [4.69, 9.17) is 23.2 Å². The third-order valence-electron chi connectivity index (χ3n) is 4.83. The molecule has 0 spiro atoms. The lowest BCUT2D eigenvalue weighted by molar-refractivity contribution is 0.642. The van der Waals surface area contributed by atoms with E-state index in [0.29, 0.717) is 42.7 Å². The van der Waals surface area contributed by atoms with E-state index in [1.807, 2.05) is 0 Å². The van der Waals surface area contributed by atoms with Gasteiger partial charge in [0, 0.05) is 10.0 Å². The van der Waals surface area contributed by atoms with Gasteiger partial charge in [0.25, 0.3) is 11.1 Å².